The molecule has 1 atom stereocenters. The molecular weight excluding hydrogens is 326 g/mol. The molecule has 1 fully saturated rings. The van der Waals surface area contributed by atoms with Gasteiger partial charge in [0, 0.05) is 6.20 Å². The highest BCUT2D eigenvalue weighted by Crippen LogP contribution is 2.28. The smallest absolute Gasteiger partial charge is 0.350 e. The zero-order chi connectivity index (χ0) is 17.6. The monoisotopic (exact) mass is 341 g/mol. The van der Waals surface area contributed by atoms with Crippen LogP contribution < -0.4 is 11.0 Å². The third-order valence-corrected chi connectivity index (χ3v) is 4.31. The first-order valence-corrected chi connectivity index (χ1v) is 7.73. The summed E-state index contributed by atoms with van der Waals surface area (Å²) in [6.07, 6.45) is 3.06. The van der Waals surface area contributed by atoms with Crippen molar-refractivity contribution in [3.63, 3.8) is 0 Å². The van der Waals surface area contributed by atoms with Crippen LogP contribution in [-0.4, -0.2) is 37.6 Å². The molecule has 0 bridgehead atoms. The highest BCUT2D eigenvalue weighted by Gasteiger charge is 2.50. The molecule has 9 nitrogen and oxygen atoms in total. The molecule has 3 aromatic heterocycles. The Hall–Kier alpha value is -3.36. The van der Waals surface area contributed by atoms with Crippen molar-refractivity contribution in [3.05, 3.63) is 59.0 Å². The zero-order valence-corrected chi connectivity index (χ0v) is 13.4. The third kappa shape index (κ3) is 2.24. The van der Waals surface area contributed by atoms with Crippen molar-refractivity contribution in [2.45, 2.75) is 19.0 Å². The summed E-state index contributed by atoms with van der Waals surface area (Å²) in [5.41, 5.74) is -1.06. The predicted octanol–water partition coefficient (Wildman–Crippen LogP) is 0.556. The van der Waals surface area contributed by atoms with Crippen molar-refractivity contribution >= 4 is 17.6 Å². The van der Waals surface area contributed by atoms with Gasteiger partial charge in [-0.25, -0.2) is 14.3 Å². The van der Waals surface area contributed by atoms with E-state index in [1.54, 1.807) is 43.5 Å². The predicted molar refractivity (Wildman–Crippen MR) is 85.8 cm³/mol. The minimum atomic E-state index is -1.25. The first-order valence-electron chi connectivity index (χ1n) is 7.73. The van der Waals surface area contributed by atoms with E-state index in [0.717, 1.165) is 4.90 Å². The molecule has 4 rings (SSSR count). The van der Waals surface area contributed by atoms with Gasteiger partial charge in [0.2, 0.25) is 0 Å². The topological polar surface area (TPSA) is 102 Å². The van der Waals surface area contributed by atoms with Crippen molar-refractivity contribution in [1.82, 2.24) is 24.4 Å². The van der Waals surface area contributed by atoms with Gasteiger partial charge in [0.25, 0.3) is 5.91 Å². The number of hydrogen-bond donors (Lipinski definition) is 1. The van der Waals surface area contributed by atoms with E-state index in [1.807, 2.05) is 0 Å². The summed E-state index contributed by atoms with van der Waals surface area (Å²) in [4.78, 5) is 38.2. The number of imide groups is 1. The summed E-state index contributed by atoms with van der Waals surface area (Å²) in [5.74, 6) is -0.0671. The Morgan fingerprint density at radius 1 is 1.16 bits per heavy atom. The largest absolute Gasteiger partial charge is 0.466 e. The number of carbonyl (C=O) groups excluding carboxylic acids is 2. The molecule has 0 spiro atoms. The summed E-state index contributed by atoms with van der Waals surface area (Å²) < 4.78 is 7.91. The number of nitrogens with zero attached hydrogens (tertiary/aromatic N) is 4. The van der Waals surface area contributed by atoms with E-state index >= 15 is 0 Å². The standard InChI is InChI=1S/C16H15N5O4/c1-16(11-5-4-10-25-11)13(22)20(14(23)17-16)8-9-21-15(24)19-7-3-2-6-12(19)18-21/h2-7,10H,8-9H2,1H3,(H,17,23). The van der Waals surface area contributed by atoms with Crippen LogP contribution in [0.15, 0.2) is 52.0 Å². The Labute approximate surface area is 141 Å². The van der Waals surface area contributed by atoms with Crippen LogP contribution in [0, 0.1) is 0 Å². The first kappa shape index (κ1) is 15.2. The molecule has 25 heavy (non-hydrogen) atoms. The van der Waals surface area contributed by atoms with E-state index < -0.39 is 17.5 Å². The maximum atomic E-state index is 12.7. The van der Waals surface area contributed by atoms with Gasteiger partial charge in [0.15, 0.2) is 11.2 Å². The van der Waals surface area contributed by atoms with Gasteiger partial charge in [-0.15, -0.1) is 5.10 Å². The minimum Gasteiger partial charge on any atom is -0.466 e. The molecule has 3 amide bonds. The molecule has 1 aliphatic rings. The lowest BCUT2D eigenvalue weighted by Gasteiger charge is -2.18. The van der Waals surface area contributed by atoms with Gasteiger partial charge in [0.05, 0.1) is 19.4 Å². The number of hydrogen-bond acceptors (Lipinski definition) is 5. The maximum Gasteiger partial charge on any atom is 0.350 e. The highest BCUT2D eigenvalue weighted by atomic mass is 16.3. The van der Waals surface area contributed by atoms with Crippen LogP contribution in [0.1, 0.15) is 12.7 Å². The summed E-state index contributed by atoms with van der Waals surface area (Å²) in [6, 6.07) is 7.97. The van der Waals surface area contributed by atoms with Crippen LogP contribution >= 0.6 is 0 Å². The van der Waals surface area contributed by atoms with Gasteiger partial charge >= 0.3 is 11.7 Å². The molecule has 9 heteroatoms. The SMILES string of the molecule is CC1(c2ccco2)NC(=O)N(CCn2nc3ccccn3c2=O)C1=O. The second-order valence-corrected chi connectivity index (χ2v) is 5.92. The molecule has 1 N–H and O–H groups in total. The van der Waals surface area contributed by atoms with E-state index in [9.17, 15) is 14.4 Å². The summed E-state index contributed by atoms with van der Waals surface area (Å²) in [7, 11) is 0. The molecule has 0 saturated carbocycles. The minimum absolute atomic E-state index is 0.0325. The number of urea groups is 1. The highest BCUT2D eigenvalue weighted by molar-refractivity contribution is 6.06. The fourth-order valence-electron chi connectivity index (χ4n) is 2.94. The number of amides is 3. The quantitative estimate of drug-likeness (QED) is 0.699. The maximum absolute atomic E-state index is 12.7. The fourth-order valence-corrected chi connectivity index (χ4v) is 2.94. The van der Waals surface area contributed by atoms with Gasteiger partial charge < -0.3 is 9.73 Å². The Bertz CT molecular complexity index is 1020. The van der Waals surface area contributed by atoms with Crippen molar-refractivity contribution in [2.24, 2.45) is 0 Å². The molecule has 1 unspecified atom stereocenters. The molecule has 0 aromatic carbocycles. The van der Waals surface area contributed by atoms with E-state index in [2.05, 4.69) is 10.4 Å². The number of aromatic nitrogens is 3. The van der Waals surface area contributed by atoms with Crippen molar-refractivity contribution in [1.29, 1.82) is 0 Å². The van der Waals surface area contributed by atoms with E-state index in [1.165, 1.54) is 15.3 Å². The van der Waals surface area contributed by atoms with Gasteiger partial charge in [-0.05, 0) is 31.2 Å². The lowest BCUT2D eigenvalue weighted by Crippen LogP contribution is -2.41. The second kappa shape index (κ2) is 5.33. The van der Waals surface area contributed by atoms with Crippen LogP contribution in [0.25, 0.3) is 5.65 Å². The van der Waals surface area contributed by atoms with Crippen LogP contribution in [0.2, 0.25) is 0 Å². The Kier molecular flexibility index (Phi) is 3.24. The normalized spacial score (nSPS) is 20.4. The van der Waals surface area contributed by atoms with Crippen LogP contribution in [0.4, 0.5) is 4.79 Å². The lowest BCUT2D eigenvalue weighted by molar-refractivity contribution is -0.131. The van der Waals surface area contributed by atoms with E-state index in [0.29, 0.717) is 11.4 Å². The van der Waals surface area contributed by atoms with Crippen LogP contribution in [0.3, 0.4) is 0 Å². The van der Waals surface area contributed by atoms with Gasteiger partial charge in [-0.2, -0.15) is 0 Å². The van der Waals surface area contributed by atoms with E-state index in [4.69, 9.17) is 4.42 Å². The molecule has 0 aliphatic carbocycles. The van der Waals surface area contributed by atoms with Gasteiger partial charge in [0.1, 0.15) is 5.76 Å². The zero-order valence-electron chi connectivity index (χ0n) is 13.4. The number of carbonyl (C=O) groups is 2. The van der Waals surface area contributed by atoms with E-state index in [-0.39, 0.29) is 18.8 Å². The third-order valence-electron chi connectivity index (χ3n) is 4.31. The first-order chi connectivity index (χ1) is 12.0. The average Bonchev–Trinajstić information content (AvgIpc) is 3.28. The fraction of sp³-hybridized carbons (Fsp3) is 0.250. The second-order valence-electron chi connectivity index (χ2n) is 5.92. The molecule has 0 radical (unpaired) electrons. The van der Waals surface area contributed by atoms with Crippen molar-refractivity contribution in [2.75, 3.05) is 6.54 Å². The number of furan rings is 1. The number of nitrogens with one attached hydrogen (secondary N) is 1. The molecule has 3 aromatic rings. The summed E-state index contributed by atoms with van der Waals surface area (Å²) in [5, 5.41) is 6.83. The molecule has 1 aliphatic heterocycles. The van der Waals surface area contributed by atoms with Gasteiger partial charge in [-0.3, -0.25) is 14.1 Å². The number of pyridine rings is 1. The Balaban J connectivity index is 1.57. The summed E-state index contributed by atoms with van der Waals surface area (Å²) >= 11 is 0. The molecule has 4 heterocycles. The van der Waals surface area contributed by atoms with Gasteiger partial charge in [-0.1, -0.05) is 6.07 Å². The molecule has 1 saturated heterocycles. The molecular formula is C16H15N5O4. The Morgan fingerprint density at radius 3 is 2.72 bits per heavy atom. The van der Waals surface area contributed by atoms with Crippen LogP contribution in [0.5, 0.6) is 0 Å². The number of fused-ring (bicyclic) bond motifs is 1. The van der Waals surface area contributed by atoms with Crippen molar-refractivity contribution < 1.29 is 14.0 Å². The lowest BCUT2D eigenvalue weighted by atomic mass is 9.99. The average molecular weight is 341 g/mol. The van der Waals surface area contributed by atoms with Crippen LogP contribution in [-0.2, 0) is 16.9 Å². The van der Waals surface area contributed by atoms with Crippen molar-refractivity contribution in [3.8, 4) is 0 Å². The molecule has 128 valence electrons. The number of rotatable bonds is 4. The summed E-state index contributed by atoms with van der Waals surface area (Å²) in [6.45, 7) is 1.72. The Morgan fingerprint density at radius 2 is 2.00 bits per heavy atom.